The van der Waals surface area contributed by atoms with Crippen LogP contribution in [0, 0.1) is 11.6 Å². The molecule has 1 unspecified atom stereocenters. The summed E-state index contributed by atoms with van der Waals surface area (Å²) in [5.41, 5.74) is 1.64. The minimum absolute atomic E-state index is 0.0155. The number of carbonyl (C=O) groups excluding carboxylic acids is 2. The Hall–Kier alpha value is -2.41. The summed E-state index contributed by atoms with van der Waals surface area (Å²) in [5, 5.41) is 0. The SMILES string of the molecule is CCC(=O)N1CCSC12C(=O)N(Cc1ccc(F)cc1F)c1ccccc12. The zero-order valence-electron chi connectivity index (χ0n) is 14.7. The Labute approximate surface area is 160 Å². The third kappa shape index (κ3) is 2.64. The average Bonchev–Trinajstić information content (AvgIpc) is 3.20. The van der Waals surface area contributed by atoms with Crippen LogP contribution in [-0.4, -0.2) is 29.0 Å². The number of carbonyl (C=O) groups is 2. The van der Waals surface area contributed by atoms with Crippen LogP contribution in [0.15, 0.2) is 42.5 Å². The van der Waals surface area contributed by atoms with Crippen molar-refractivity contribution in [3.8, 4) is 0 Å². The fraction of sp³-hybridized carbons (Fsp3) is 0.300. The molecule has 1 atom stereocenters. The zero-order chi connectivity index (χ0) is 19.2. The summed E-state index contributed by atoms with van der Waals surface area (Å²) >= 11 is 1.44. The molecule has 1 saturated heterocycles. The van der Waals surface area contributed by atoms with Gasteiger partial charge in [-0.1, -0.05) is 31.2 Å². The van der Waals surface area contributed by atoms with E-state index in [4.69, 9.17) is 0 Å². The highest BCUT2D eigenvalue weighted by Gasteiger charge is 2.59. The fourth-order valence-corrected chi connectivity index (χ4v) is 5.27. The topological polar surface area (TPSA) is 40.6 Å². The molecule has 0 radical (unpaired) electrons. The molecular formula is C20H18F2N2O2S. The number of amides is 2. The second-order valence-corrected chi connectivity index (χ2v) is 7.82. The molecule has 2 aromatic carbocycles. The number of hydrogen-bond acceptors (Lipinski definition) is 3. The number of hydrogen-bond donors (Lipinski definition) is 0. The minimum atomic E-state index is -1.10. The van der Waals surface area contributed by atoms with E-state index in [1.54, 1.807) is 17.9 Å². The molecule has 2 heterocycles. The van der Waals surface area contributed by atoms with E-state index in [0.29, 0.717) is 24.4 Å². The highest BCUT2D eigenvalue weighted by molar-refractivity contribution is 8.01. The Morgan fingerprint density at radius 2 is 2.00 bits per heavy atom. The van der Waals surface area contributed by atoms with Gasteiger partial charge in [-0.15, -0.1) is 11.8 Å². The van der Waals surface area contributed by atoms with Crippen molar-refractivity contribution in [1.29, 1.82) is 0 Å². The summed E-state index contributed by atoms with van der Waals surface area (Å²) in [6.07, 6.45) is 0.310. The second kappa shape index (κ2) is 6.64. The van der Waals surface area contributed by atoms with Crippen LogP contribution in [0.2, 0.25) is 0 Å². The van der Waals surface area contributed by atoms with E-state index in [9.17, 15) is 18.4 Å². The third-order valence-electron chi connectivity index (χ3n) is 5.05. The van der Waals surface area contributed by atoms with E-state index in [1.165, 1.54) is 28.8 Å². The first-order chi connectivity index (χ1) is 13.0. The standard InChI is InChI=1S/C20H18F2N2O2S/c1-2-18(25)24-9-10-27-20(24)15-5-3-4-6-17(15)23(19(20)26)12-13-7-8-14(21)11-16(13)22/h3-8,11H,2,9-10,12H2,1H3. The monoisotopic (exact) mass is 388 g/mol. The van der Waals surface area contributed by atoms with E-state index in [-0.39, 0.29) is 23.9 Å². The number of thioether (sulfide) groups is 1. The normalized spacial score (nSPS) is 21.2. The van der Waals surface area contributed by atoms with Crippen LogP contribution < -0.4 is 4.90 Å². The molecular weight excluding hydrogens is 370 g/mol. The molecule has 0 N–H and O–H groups in total. The molecule has 2 aliphatic rings. The molecule has 1 fully saturated rings. The first-order valence-electron chi connectivity index (χ1n) is 8.79. The molecule has 0 aromatic heterocycles. The number of benzene rings is 2. The van der Waals surface area contributed by atoms with Crippen molar-refractivity contribution in [1.82, 2.24) is 4.90 Å². The molecule has 0 saturated carbocycles. The van der Waals surface area contributed by atoms with Crippen LogP contribution in [0.3, 0.4) is 0 Å². The van der Waals surface area contributed by atoms with Crippen molar-refractivity contribution < 1.29 is 18.4 Å². The second-order valence-electron chi connectivity index (χ2n) is 6.54. The van der Waals surface area contributed by atoms with Gasteiger partial charge in [0.2, 0.25) is 5.91 Å². The molecule has 2 amide bonds. The molecule has 27 heavy (non-hydrogen) atoms. The molecule has 140 valence electrons. The third-order valence-corrected chi connectivity index (χ3v) is 6.47. The van der Waals surface area contributed by atoms with Crippen molar-refractivity contribution >= 4 is 29.3 Å². The number of nitrogens with zero attached hydrogens (tertiary/aromatic N) is 2. The maximum absolute atomic E-state index is 14.2. The number of para-hydroxylation sites is 1. The molecule has 7 heteroatoms. The number of rotatable bonds is 3. The predicted molar refractivity (Wildman–Crippen MR) is 100 cm³/mol. The molecule has 4 rings (SSSR count). The Kier molecular flexibility index (Phi) is 4.42. The number of halogens is 2. The number of anilines is 1. The van der Waals surface area contributed by atoms with Gasteiger partial charge in [0.25, 0.3) is 5.91 Å². The predicted octanol–water partition coefficient (Wildman–Crippen LogP) is 3.65. The smallest absolute Gasteiger partial charge is 0.268 e. The van der Waals surface area contributed by atoms with Gasteiger partial charge in [0, 0.05) is 35.9 Å². The van der Waals surface area contributed by atoms with Crippen LogP contribution in [0.5, 0.6) is 0 Å². The minimum Gasteiger partial charge on any atom is -0.315 e. The van der Waals surface area contributed by atoms with Gasteiger partial charge in [-0.25, -0.2) is 8.78 Å². The van der Waals surface area contributed by atoms with Gasteiger partial charge in [0.15, 0.2) is 4.87 Å². The lowest BCUT2D eigenvalue weighted by atomic mass is 10.1. The van der Waals surface area contributed by atoms with E-state index in [0.717, 1.165) is 11.6 Å². The maximum atomic E-state index is 14.2. The van der Waals surface area contributed by atoms with Gasteiger partial charge in [-0.2, -0.15) is 0 Å². The van der Waals surface area contributed by atoms with E-state index < -0.39 is 16.5 Å². The summed E-state index contributed by atoms with van der Waals surface area (Å²) < 4.78 is 27.4. The van der Waals surface area contributed by atoms with E-state index >= 15 is 0 Å². The van der Waals surface area contributed by atoms with Crippen LogP contribution in [-0.2, 0) is 21.0 Å². The highest BCUT2D eigenvalue weighted by Crippen LogP contribution is 2.54. The van der Waals surface area contributed by atoms with Crippen molar-refractivity contribution in [2.24, 2.45) is 0 Å². The molecule has 2 aromatic rings. The van der Waals surface area contributed by atoms with Crippen LogP contribution in [0.4, 0.5) is 14.5 Å². The van der Waals surface area contributed by atoms with Gasteiger partial charge in [0.1, 0.15) is 11.6 Å². The van der Waals surface area contributed by atoms with Crippen LogP contribution >= 0.6 is 11.8 Å². The molecule has 0 bridgehead atoms. The Morgan fingerprint density at radius 3 is 2.74 bits per heavy atom. The molecule has 1 spiro atoms. The number of fused-ring (bicyclic) bond motifs is 2. The quantitative estimate of drug-likeness (QED) is 0.806. The molecule has 0 aliphatic carbocycles. The summed E-state index contributed by atoms with van der Waals surface area (Å²) in [6.45, 7) is 2.25. The summed E-state index contributed by atoms with van der Waals surface area (Å²) in [5.74, 6) is -1.03. The highest BCUT2D eigenvalue weighted by atomic mass is 32.2. The lowest BCUT2D eigenvalue weighted by molar-refractivity contribution is -0.139. The van der Waals surface area contributed by atoms with Gasteiger partial charge < -0.3 is 9.80 Å². The summed E-state index contributed by atoms with van der Waals surface area (Å²) in [4.78, 5) is 28.1. The first-order valence-corrected chi connectivity index (χ1v) is 9.77. The van der Waals surface area contributed by atoms with Crippen molar-refractivity contribution in [2.45, 2.75) is 24.8 Å². The van der Waals surface area contributed by atoms with Crippen molar-refractivity contribution in [2.75, 3.05) is 17.2 Å². The zero-order valence-corrected chi connectivity index (χ0v) is 15.6. The lowest BCUT2D eigenvalue weighted by Gasteiger charge is -2.33. The Bertz CT molecular complexity index is 936. The van der Waals surface area contributed by atoms with Crippen molar-refractivity contribution in [3.63, 3.8) is 0 Å². The van der Waals surface area contributed by atoms with Crippen molar-refractivity contribution in [3.05, 3.63) is 65.2 Å². The van der Waals surface area contributed by atoms with Gasteiger partial charge in [0.05, 0.1) is 12.2 Å². The van der Waals surface area contributed by atoms with Crippen LogP contribution in [0.25, 0.3) is 0 Å². The Morgan fingerprint density at radius 1 is 1.22 bits per heavy atom. The lowest BCUT2D eigenvalue weighted by Crippen LogP contribution is -2.50. The van der Waals surface area contributed by atoms with E-state index in [2.05, 4.69) is 0 Å². The summed E-state index contributed by atoms with van der Waals surface area (Å²) in [6, 6.07) is 10.6. The van der Waals surface area contributed by atoms with Crippen LogP contribution in [0.1, 0.15) is 24.5 Å². The largest absolute Gasteiger partial charge is 0.315 e. The van der Waals surface area contributed by atoms with Gasteiger partial charge in [-0.3, -0.25) is 9.59 Å². The fourth-order valence-electron chi connectivity index (χ4n) is 3.79. The first kappa shape index (κ1) is 18.0. The maximum Gasteiger partial charge on any atom is 0.268 e. The Balaban J connectivity index is 1.79. The van der Waals surface area contributed by atoms with Gasteiger partial charge >= 0.3 is 0 Å². The van der Waals surface area contributed by atoms with E-state index in [1.807, 2.05) is 18.2 Å². The molecule has 4 nitrogen and oxygen atoms in total. The molecule has 2 aliphatic heterocycles. The summed E-state index contributed by atoms with van der Waals surface area (Å²) in [7, 11) is 0. The van der Waals surface area contributed by atoms with Gasteiger partial charge in [-0.05, 0) is 12.1 Å². The average molecular weight is 388 g/mol.